The van der Waals surface area contributed by atoms with Crippen molar-refractivity contribution < 1.29 is 0 Å². The molecule has 0 amide bonds. The van der Waals surface area contributed by atoms with Crippen LogP contribution in [0.25, 0.3) is 0 Å². The molecule has 1 unspecified atom stereocenters. The predicted molar refractivity (Wildman–Crippen MR) is 59.9 cm³/mol. The molecule has 88 valence electrons. The van der Waals surface area contributed by atoms with Crippen molar-refractivity contribution in [1.82, 2.24) is 9.80 Å². The van der Waals surface area contributed by atoms with Gasteiger partial charge in [-0.1, -0.05) is 0 Å². The zero-order chi connectivity index (χ0) is 13.1. The van der Waals surface area contributed by atoms with Crippen LogP contribution in [0.2, 0.25) is 0 Å². The molecular formula is C11H14N6. The minimum atomic E-state index is -0.0454. The lowest BCUT2D eigenvalue weighted by Crippen LogP contribution is -2.43. The number of nitriles is 4. The van der Waals surface area contributed by atoms with Crippen molar-refractivity contribution in [1.29, 1.82) is 21.0 Å². The molecule has 1 atom stereocenters. The van der Waals surface area contributed by atoms with Crippen LogP contribution < -0.4 is 0 Å². The molecule has 0 saturated carbocycles. The van der Waals surface area contributed by atoms with E-state index in [1.165, 1.54) is 0 Å². The highest BCUT2D eigenvalue weighted by atomic mass is 15.2. The zero-order valence-corrected chi connectivity index (χ0v) is 9.80. The number of hydrogen-bond donors (Lipinski definition) is 0. The topological polar surface area (TPSA) is 102 Å². The summed E-state index contributed by atoms with van der Waals surface area (Å²) in [6.07, 6.45) is 0. The second-order valence-corrected chi connectivity index (χ2v) is 3.56. The second-order valence-electron chi connectivity index (χ2n) is 3.56. The van der Waals surface area contributed by atoms with Crippen LogP contribution in [0.15, 0.2) is 0 Å². The van der Waals surface area contributed by atoms with Crippen molar-refractivity contribution in [3.63, 3.8) is 0 Å². The smallest absolute Gasteiger partial charge is 0.0877 e. The van der Waals surface area contributed by atoms with E-state index in [-0.39, 0.29) is 32.2 Å². The third-order valence-corrected chi connectivity index (χ3v) is 2.28. The van der Waals surface area contributed by atoms with E-state index in [9.17, 15) is 0 Å². The van der Waals surface area contributed by atoms with E-state index < -0.39 is 0 Å². The summed E-state index contributed by atoms with van der Waals surface area (Å²) in [7, 11) is 0. The van der Waals surface area contributed by atoms with E-state index in [1.807, 2.05) is 31.2 Å². The van der Waals surface area contributed by atoms with Gasteiger partial charge in [-0.3, -0.25) is 9.80 Å². The number of nitrogens with zero attached hydrogens (tertiary/aromatic N) is 6. The summed E-state index contributed by atoms with van der Waals surface area (Å²) in [5, 5.41) is 34.5. The summed E-state index contributed by atoms with van der Waals surface area (Å²) >= 11 is 0. The molecule has 0 radical (unpaired) electrons. The van der Waals surface area contributed by atoms with Crippen LogP contribution in [-0.2, 0) is 0 Å². The van der Waals surface area contributed by atoms with Gasteiger partial charge in [0.25, 0.3) is 0 Å². The van der Waals surface area contributed by atoms with Crippen molar-refractivity contribution in [2.45, 2.75) is 13.0 Å². The Bertz CT molecular complexity index is 345. The molecule has 0 aromatic carbocycles. The molecule has 0 bridgehead atoms. The van der Waals surface area contributed by atoms with Gasteiger partial charge in [-0.2, -0.15) is 21.0 Å². The van der Waals surface area contributed by atoms with Gasteiger partial charge in [0.15, 0.2) is 0 Å². The molecule has 0 saturated heterocycles. The first-order valence-corrected chi connectivity index (χ1v) is 5.13. The van der Waals surface area contributed by atoms with Crippen molar-refractivity contribution in [2.75, 3.05) is 32.7 Å². The van der Waals surface area contributed by atoms with E-state index in [0.29, 0.717) is 6.54 Å². The van der Waals surface area contributed by atoms with E-state index >= 15 is 0 Å². The van der Waals surface area contributed by atoms with Gasteiger partial charge in [-0.15, -0.1) is 0 Å². The van der Waals surface area contributed by atoms with Crippen molar-refractivity contribution in [3.05, 3.63) is 0 Å². The van der Waals surface area contributed by atoms with E-state index in [4.69, 9.17) is 21.0 Å². The van der Waals surface area contributed by atoms with Gasteiger partial charge >= 0.3 is 0 Å². The van der Waals surface area contributed by atoms with E-state index in [1.54, 1.807) is 9.80 Å². The highest BCUT2D eigenvalue weighted by Gasteiger charge is 2.16. The van der Waals surface area contributed by atoms with Crippen LogP contribution in [0.1, 0.15) is 6.92 Å². The Morgan fingerprint density at radius 1 is 0.824 bits per heavy atom. The van der Waals surface area contributed by atoms with Crippen LogP contribution >= 0.6 is 0 Å². The molecule has 0 fully saturated rings. The maximum absolute atomic E-state index is 8.63. The fourth-order valence-corrected chi connectivity index (χ4v) is 1.42. The van der Waals surface area contributed by atoms with Crippen LogP contribution in [0.4, 0.5) is 0 Å². The lowest BCUT2D eigenvalue weighted by atomic mass is 10.2. The normalized spacial score (nSPS) is 11.2. The van der Waals surface area contributed by atoms with Crippen LogP contribution in [-0.4, -0.2) is 48.6 Å². The second kappa shape index (κ2) is 9.13. The molecule has 6 heteroatoms. The minimum Gasteiger partial charge on any atom is -0.276 e. The molecule has 0 rings (SSSR count). The molecule has 0 aromatic rings. The molecule has 0 N–H and O–H groups in total. The van der Waals surface area contributed by atoms with Gasteiger partial charge in [-0.25, -0.2) is 0 Å². The highest BCUT2D eigenvalue weighted by molar-refractivity contribution is 4.90. The summed E-state index contributed by atoms with van der Waals surface area (Å²) in [5.74, 6) is 0. The van der Waals surface area contributed by atoms with E-state index in [0.717, 1.165) is 0 Å². The molecular weight excluding hydrogens is 216 g/mol. The molecule has 0 aliphatic carbocycles. The van der Waals surface area contributed by atoms with Gasteiger partial charge in [0.1, 0.15) is 0 Å². The Morgan fingerprint density at radius 3 is 1.59 bits per heavy atom. The minimum absolute atomic E-state index is 0.0454. The Balaban J connectivity index is 4.41. The van der Waals surface area contributed by atoms with Crippen molar-refractivity contribution >= 4 is 0 Å². The van der Waals surface area contributed by atoms with E-state index in [2.05, 4.69) is 0 Å². The Morgan fingerprint density at radius 2 is 1.24 bits per heavy atom. The first-order chi connectivity index (χ1) is 8.19. The third-order valence-electron chi connectivity index (χ3n) is 2.28. The van der Waals surface area contributed by atoms with Crippen LogP contribution in [0.5, 0.6) is 0 Å². The molecule has 0 spiro atoms. The Labute approximate surface area is 101 Å². The summed E-state index contributed by atoms with van der Waals surface area (Å²) in [5.41, 5.74) is 0. The summed E-state index contributed by atoms with van der Waals surface area (Å²) in [4.78, 5) is 3.40. The summed E-state index contributed by atoms with van der Waals surface area (Å²) in [6.45, 7) is 3.04. The predicted octanol–water partition coefficient (Wildman–Crippen LogP) is 0.0732. The maximum Gasteiger partial charge on any atom is 0.0877 e. The largest absolute Gasteiger partial charge is 0.276 e. The van der Waals surface area contributed by atoms with Gasteiger partial charge in [0.2, 0.25) is 0 Å². The number of rotatable bonds is 7. The lowest BCUT2D eigenvalue weighted by molar-refractivity contribution is 0.195. The molecule has 0 aliphatic heterocycles. The molecule has 0 aromatic heterocycles. The molecule has 17 heavy (non-hydrogen) atoms. The SMILES string of the molecule is CC(CN(CC#N)CC#N)N(CC#N)CC#N. The van der Waals surface area contributed by atoms with Crippen LogP contribution in [0, 0.1) is 45.3 Å². The van der Waals surface area contributed by atoms with Gasteiger partial charge < -0.3 is 0 Å². The average molecular weight is 230 g/mol. The Hall–Kier alpha value is -2.12. The third kappa shape index (κ3) is 6.13. The average Bonchev–Trinajstić information content (AvgIpc) is 2.29. The first kappa shape index (κ1) is 14.9. The molecule has 6 nitrogen and oxygen atoms in total. The van der Waals surface area contributed by atoms with Crippen molar-refractivity contribution in [3.8, 4) is 24.3 Å². The first-order valence-electron chi connectivity index (χ1n) is 5.13. The fraction of sp³-hybridized carbons (Fsp3) is 0.636. The fourth-order valence-electron chi connectivity index (χ4n) is 1.42. The zero-order valence-electron chi connectivity index (χ0n) is 9.80. The molecule has 0 heterocycles. The van der Waals surface area contributed by atoms with Gasteiger partial charge in [-0.05, 0) is 6.92 Å². The highest BCUT2D eigenvalue weighted by Crippen LogP contribution is 2.01. The molecule has 0 aliphatic rings. The van der Waals surface area contributed by atoms with Crippen molar-refractivity contribution in [2.24, 2.45) is 0 Å². The van der Waals surface area contributed by atoms with Crippen LogP contribution in [0.3, 0.4) is 0 Å². The Kier molecular flexibility index (Phi) is 7.99. The van der Waals surface area contributed by atoms with Gasteiger partial charge in [0, 0.05) is 12.6 Å². The lowest BCUT2D eigenvalue weighted by Gasteiger charge is -2.28. The number of hydrogen-bond acceptors (Lipinski definition) is 6. The maximum atomic E-state index is 8.63. The monoisotopic (exact) mass is 230 g/mol. The van der Waals surface area contributed by atoms with Gasteiger partial charge in [0.05, 0.1) is 50.5 Å². The summed E-state index contributed by atoms with van der Waals surface area (Å²) < 4.78 is 0. The quantitative estimate of drug-likeness (QED) is 0.573. The standard InChI is InChI=1S/C11H14N6/c1-11(17(8-4-14)9-5-15)10-16(6-2-12)7-3-13/h11H,6-10H2,1H3. The summed E-state index contributed by atoms with van der Waals surface area (Å²) in [6, 6.07) is 7.92.